The highest BCUT2D eigenvalue weighted by Crippen LogP contribution is 2.16. The summed E-state index contributed by atoms with van der Waals surface area (Å²) in [5.74, 6) is -1.77. The van der Waals surface area contributed by atoms with E-state index in [9.17, 15) is 14.7 Å². The average Bonchev–Trinajstić information content (AvgIpc) is 2.29. The number of hydrogen-bond donors (Lipinski definition) is 2. The van der Waals surface area contributed by atoms with Crippen LogP contribution in [-0.2, 0) is 9.53 Å². The van der Waals surface area contributed by atoms with Gasteiger partial charge in [0.05, 0.1) is 5.92 Å². The minimum absolute atomic E-state index is 0.00664. The lowest BCUT2D eigenvalue weighted by molar-refractivity contribution is -0.138. The fraction of sp³-hybridized carbons (Fsp3) is 0.467. The SMILES string of the molecule is Cc1ccc([C@H](CNC(=O)OC(C)(C)C)C(=O)O)cc1. The Morgan fingerprint density at radius 2 is 1.80 bits per heavy atom. The van der Waals surface area contributed by atoms with Crippen molar-refractivity contribution >= 4 is 12.1 Å². The van der Waals surface area contributed by atoms with Crippen molar-refractivity contribution in [2.24, 2.45) is 0 Å². The number of amides is 1. The van der Waals surface area contributed by atoms with Crippen LogP contribution in [0.15, 0.2) is 24.3 Å². The number of rotatable bonds is 4. The number of hydrogen-bond acceptors (Lipinski definition) is 3. The van der Waals surface area contributed by atoms with Gasteiger partial charge in [0.15, 0.2) is 0 Å². The quantitative estimate of drug-likeness (QED) is 0.888. The van der Waals surface area contributed by atoms with Crippen molar-refractivity contribution in [1.29, 1.82) is 0 Å². The van der Waals surface area contributed by atoms with Crippen molar-refractivity contribution in [2.75, 3.05) is 6.54 Å². The van der Waals surface area contributed by atoms with Crippen LogP contribution in [0, 0.1) is 6.92 Å². The molecule has 0 spiro atoms. The summed E-state index contributed by atoms with van der Waals surface area (Å²) in [6, 6.07) is 7.20. The van der Waals surface area contributed by atoms with E-state index >= 15 is 0 Å². The third-order valence-corrected chi connectivity index (χ3v) is 2.63. The summed E-state index contributed by atoms with van der Waals surface area (Å²) in [7, 11) is 0. The van der Waals surface area contributed by atoms with Crippen LogP contribution in [0.4, 0.5) is 4.79 Å². The molecule has 0 aliphatic carbocycles. The molecule has 0 fully saturated rings. The van der Waals surface area contributed by atoms with Gasteiger partial charge in [0.25, 0.3) is 0 Å². The smallest absolute Gasteiger partial charge is 0.407 e. The highest BCUT2D eigenvalue weighted by Gasteiger charge is 2.22. The van der Waals surface area contributed by atoms with Crippen LogP contribution in [0.5, 0.6) is 0 Å². The summed E-state index contributed by atoms with van der Waals surface area (Å²) in [6.45, 7) is 7.18. The maximum absolute atomic E-state index is 11.5. The third-order valence-electron chi connectivity index (χ3n) is 2.63. The lowest BCUT2D eigenvalue weighted by Crippen LogP contribution is -2.36. The Hall–Kier alpha value is -2.04. The third kappa shape index (κ3) is 5.30. The van der Waals surface area contributed by atoms with Crippen molar-refractivity contribution in [1.82, 2.24) is 5.32 Å². The maximum atomic E-state index is 11.5. The molecule has 0 bridgehead atoms. The minimum Gasteiger partial charge on any atom is -0.481 e. The van der Waals surface area contributed by atoms with Gasteiger partial charge in [-0.05, 0) is 33.3 Å². The van der Waals surface area contributed by atoms with Crippen LogP contribution < -0.4 is 5.32 Å². The number of benzene rings is 1. The van der Waals surface area contributed by atoms with Crippen LogP contribution in [0.25, 0.3) is 0 Å². The fourth-order valence-corrected chi connectivity index (χ4v) is 1.65. The van der Waals surface area contributed by atoms with Gasteiger partial charge < -0.3 is 15.2 Å². The molecule has 1 aromatic rings. The van der Waals surface area contributed by atoms with Gasteiger partial charge >= 0.3 is 12.1 Å². The average molecular weight is 279 g/mol. The molecule has 1 rings (SSSR count). The molecule has 0 radical (unpaired) electrons. The predicted molar refractivity (Wildman–Crippen MR) is 75.8 cm³/mol. The number of alkyl carbamates (subject to hydrolysis) is 1. The molecular formula is C15H21NO4. The number of carbonyl (C=O) groups excluding carboxylic acids is 1. The van der Waals surface area contributed by atoms with Crippen molar-refractivity contribution in [3.05, 3.63) is 35.4 Å². The van der Waals surface area contributed by atoms with Crippen LogP contribution in [0.3, 0.4) is 0 Å². The van der Waals surface area contributed by atoms with Gasteiger partial charge in [-0.1, -0.05) is 29.8 Å². The molecule has 0 aliphatic heterocycles. The normalized spacial score (nSPS) is 12.6. The van der Waals surface area contributed by atoms with Crippen LogP contribution >= 0.6 is 0 Å². The van der Waals surface area contributed by atoms with E-state index in [1.54, 1.807) is 32.9 Å². The van der Waals surface area contributed by atoms with Gasteiger partial charge in [-0.2, -0.15) is 0 Å². The fourth-order valence-electron chi connectivity index (χ4n) is 1.65. The Morgan fingerprint density at radius 3 is 2.25 bits per heavy atom. The number of aliphatic carboxylic acids is 1. The van der Waals surface area contributed by atoms with Crippen molar-refractivity contribution in [3.8, 4) is 0 Å². The highest BCUT2D eigenvalue weighted by molar-refractivity contribution is 5.77. The predicted octanol–water partition coefficient (Wildman–Crippen LogP) is 2.69. The molecule has 1 amide bonds. The van der Waals surface area contributed by atoms with Gasteiger partial charge in [-0.15, -0.1) is 0 Å². The first-order chi connectivity index (χ1) is 9.19. The van der Waals surface area contributed by atoms with E-state index in [0.717, 1.165) is 5.56 Å². The van der Waals surface area contributed by atoms with E-state index in [4.69, 9.17) is 4.74 Å². The molecule has 0 heterocycles. The molecule has 5 nitrogen and oxygen atoms in total. The molecule has 2 N–H and O–H groups in total. The molecule has 1 aromatic carbocycles. The summed E-state index contributed by atoms with van der Waals surface area (Å²) in [5, 5.41) is 11.7. The number of ether oxygens (including phenoxy) is 1. The first kappa shape index (κ1) is 16.0. The van der Waals surface area contributed by atoms with Gasteiger partial charge in [-0.3, -0.25) is 4.79 Å². The summed E-state index contributed by atoms with van der Waals surface area (Å²) in [5.41, 5.74) is 1.10. The summed E-state index contributed by atoms with van der Waals surface area (Å²) in [6.07, 6.45) is -0.615. The van der Waals surface area contributed by atoms with E-state index < -0.39 is 23.6 Å². The molecule has 0 saturated heterocycles. The first-order valence-corrected chi connectivity index (χ1v) is 6.45. The van der Waals surface area contributed by atoms with Gasteiger partial charge in [0.1, 0.15) is 5.60 Å². The monoisotopic (exact) mass is 279 g/mol. The molecule has 5 heteroatoms. The molecule has 0 aromatic heterocycles. The van der Waals surface area contributed by atoms with Crippen LogP contribution in [0.1, 0.15) is 37.8 Å². The van der Waals surface area contributed by atoms with Gasteiger partial charge in [0.2, 0.25) is 0 Å². The van der Waals surface area contributed by atoms with Crippen molar-refractivity contribution in [3.63, 3.8) is 0 Å². The topological polar surface area (TPSA) is 75.6 Å². The Bertz CT molecular complexity index is 474. The minimum atomic E-state index is -0.982. The van der Waals surface area contributed by atoms with Crippen molar-refractivity contribution in [2.45, 2.75) is 39.2 Å². The van der Waals surface area contributed by atoms with Gasteiger partial charge in [-0.25, -0.2) is 4.79 Å². The van der Waals surface area contributed by atoms with E-state index in [0.29, 0.717) is 5.56 Å². The second-order valence-electron chi connectivity index (χ2n) is 5.68. The number of carboxylic acids is 1. The zero-order valence-electron chi connectivity index (χ0n) is 12.3. The van der Waals surface area contributed by atoms with E-state index in [1.165, 1.54) is 0 Å². The van der Waals surface area contributed by atoms with E-state index in [2.05, 4.69) is 5.32 Å². The summed E-state index contributed by atoms with van der Waals surface area (Å²) < 4.78 is 5.08. The molecule has 20 heavy (non-hydrogen) atoms. The van der Waals surface area contributed by atoms with Crippen molar-refractivity contribution < 1.29 is 19.4 Å². The Kier molecular flexibility index (Phi) is 5.13. The number of carbonyl (C=O) groups is 2. The van der Waals surface area contributed by atoms with E-state index in [-0.39, 0.29) is 6.54 Å². The molecule has 110 valence electrons. The lowest BCUT2D eigenvalue weighted by Gasteiger charge is -2.21. The number of nitrogens with one attached hydrogen (secondary N) is 1. The molecule has 0 aliphatic rings. The molecule has 0 saturated carbocycles. The van der Waals surface area contributed by atoms with Crippen LogP contribution in [-0.4, -0.2) is 29.3 Å². The lowest BCUT2D eigenvalue weighted by atomic mass is 9.98. The number of carboxylic acid groups (broad SMARTS) is 1. The summed E-state index contributed by atoms with van der Waals surface area (Å²) >= 11 is 0. The Balaban J connectivity index is 2.67. The van der Waals surface area contributed by atoms with E-state index in [1.807, 2.05) is 19.1 Å². The largest absolute Gasteiger partial charge is 0.481 e. The first-order valence-electron chi connectivity index (χ1n) is 6.45. The van der Waals surface area contributed by atoms with Gasteiger partial charge in [0, 0.05) is 6.54 Å². The zero-order chi connectivity index (χ0) is 15.3. The Labute approximate surface area is 118 Å². The summed E-state index contributed by atoms with van der Waals surface area (Å²) in [4.78, 5) is 22.8. The molecule has 1 atom stereocenters. The standard InChI is InChI=1S/C15H21NO4/c1-10-5-7-11(8-6-10)12(13(17)18)9-16-14(19)20-15(2,3)4/h5-8,12H,9H2,1-4H3,(H,16,19)(H,17,18)/t12-/m0/s1. The Morgan fingerprint density at radius 1 is 1.25 bits per heavy atom. The zero-order valence-corrected chi connectivity index (χ0v) is 12.3. The number of aryl methyl sites for hydroxylation is 1. The van der Waals surface area contributed by atoms with Crippen LogP contribution in [0.2, 0.25) is 0 Å². The highest BCUT2D eigenvalue weighted by atomic mass is 16.6. The molecular weight excluding hydrogens is 258 g/mol. The second kappa shape index (κ2) is 6.41. The molecule has 0 unspecified atom stereocenters. The maximum Gasteiger partial charge on any atom is 0.407 e. The second-order valence-corrected chi connectivity index (χ2v) is 5.68.